The van der Waals surface area contributed by atoms with Gasteiger partial charge in [-0.3, -0.25) is 18.8 Å². The Kier molecular flexibility index (Phi) is 6.95. The molecular weight excluding hydrogens is 530 g/mol. The van der Waals surface area contributed by atoms with E-state index in [0.29, 0.717) is 39.3 Å². The number of benzene rings is 1. The van der Waals surface area contributed by atoms with Gasteiger partial charge in [0.2, 0.25) is 0 Å². The number of piperidine rings is 1. The number of aromatic amines is 1. The molecule has 3 aromatic heterocycles. The van der Waals surface area contributed by atoms with Crippen molar-refractivity contribution in [3.8, 4) is 5.69 Å². The summed E-state index contributed by atoms with van der Waals surface area (Å²) in [5, 5.41) is 7.59. The van der Waals surface area contributed by atoms with Crippen LogP contribution in [0.1, 0.15) is 56.2 Å². The van der Waals surface area contributed by atoms with E-state index in [2.05, 4.69) is 36.7 Å². The zero-order valence-corrected chi connectivity index (χ0v) is 21.8. The predicted octanol–water partition coefficient (Wildman–Crippen LogP) is 4.62. The van der Waals surface area contributed by atoms with E-state index >= 15 is 0 Å². The lowest BCUT2D eigenvalue weighted by Crippen LogP contribution is -2.49. The molecule has 0 unspecified atom stereocenters. The SMILES string of the molecule is C[C@H]1CCCN(Cc2cc3ncn(-c4cccc(C5(c6nncn6C(F)F)CC(OC(F)F)C5)c4)c(=O)c3[nH]2)C1. The Morgan fingerprint density at radius 2 is 2.00 bits per heavy atom. The van der Waals surface area contributed by atoms with Crippen LogP contribution in [0.5, 0.6) is 0 Å². The van der Waals surface area contributed by atoms with E-state index in [4.69, 9.17) is 0 Å². The fraction of sp³-hybridized carbons (Fsp3) is 0.481. The third-order valence-electron chi connectivity index (χ3n) is 8.07. The second-order valence-corrected chi connectivity index (χ2v) is 10.9. The molecule has 0 spiro atoms. The van der Waals surface area contributed by atoms with Gasteiger partial charge in [-0.2, -0.15) is 17.6 Å². The number of nitrogens with zero attached hydrogens (tertiary/aromatic N) is 6. The highest BCUT2D eigenvalue weighted by Gasteiger charge is 2.52. The maximum atomic E-state index is 13.8. The summed E-state index contributed by atoms with van der Waals surface area (Å²) in [4.78, 5) is 23.6. The van der Waals surface area contributed by atoms with Crippen LogP contribution in [0.3, 0.4) is 0 Å². The summed E-state index contributed by atoms with van der Waals surface area (Å²) in [6.07, 6.45) is 3.89. The van der Waals surface area contributed by atoms with Gasteiger partial charge in [0.1, 0.15) is 24.0 Å². The van der Waals surface area contributed by atoms with Crippen molar-refractivity contribution in [1.82, 2.24) is 34.2 Å². The fourth-order valence-electron chi connectivity index (χ4n) is 6.18. The first kappa shape index (κ1) is 26.6. The van der Waals surface area contributed by atoms with Gasteiger partial charge in [-0.1, -0.05) is 19.1 Å². The Morgan fingerprint density at radius 1 is 1.18 bits per heavy atom. The number of alkyl halides is 4. The number of H-pyrrole nitrogens is 1. The van der Waals surface area contributed by atoms with Gasteiger partial charge in [-0.15, -0.1) is 10.2 Å². The van der Waals surface area contributed by atoms with Crippen LogP contribution < -0.4 is 5.56 Å². The molecule has 13 heteroatoms. The summed E-state index contributed by atoms with van der Waals surface area (Å²) in [7, 11) is 0. The van der Waals surface area contributed by atoms with Crippen molar-refractivity contribution in [3.05, 3.63) is 70.4 Å². The zero-order chi connectivity index (χ0) is 28.0. The van der Waals surface area contributed by atoms with Crippen LogP contribution in [0.25, 0.3) is 16.7 Å². The monoisotopic (exact) mass is 559 g/mol. The highest BCUT2D eigenvalue weighted by molar-refractivity contribution is 5.75. The molecule has 212 valence electrons. The van der Waals surface area contributed by atoms with Crippen LogP contribution in [0.4, 0.5) is 17.6 Å². The largest absolute Gasteiger partial charge is 0.351 e. The average Bonchev–Trinajstić information content (AvgIpc) is 3.54. The first-order valence-corrected chi connectivity index (χ1v) is 13.3. The number of hydrogen-bond acceptors (Lipinski definition) is 6. The van der Waals surface area contributed by atoms with Gasteiger partial charge < -0.3 is 9.72 Å². The predicted molar refractivity (Wildman–Crippen MR) is 138 cm³/mol. The average molecular weight is 560 g/mol. The maximum absolute atomic E-state index is 13.8. The molecule has 2 aliphatic rings. The Morgan fingerprint density at radius 3 is 2.75 bits per heavy atom. The van der Waals surface area contributed by atoms with E-state index in [-0.39, 0.29) is 24.2 Å². The summed E-state index contributed by atoms with van der Waals surface area (Å²) >= 11 is 0. The Hall–Kier alpha value is -3.58. The van der Waals surface area contributed by atoms with Crippen molar-refractivity contribution in [1.29, 1.82) is 0 Å². The van der Waals surface area contributed by atoms with Crippen LogP contribution in [-0.4, -0.2) is 60.0 Å². The lowest BCUT2D eigenvalue weighted by atomic mass is 9.62. The van der Waals surface area contributed by atoms with Gasteiger partial charge in [-0.05, 0) is 61.9 Å². The minimum absolute atomic E-state index is 0.00744. The normalized spacial score (nSPS) is 23.8. The molecule has 1 atom stereocenters. The number of rotatable bonds is 8. The summed E-state index contributed by atoms with van der Waals surface area (Å²) < 4.78 is 60.0. The van der Waals surface area contributed by atoms with Crippen molar-refractivity contribution >= 4 is 11.0 Å². The number of nitrogens with one attached hydrogen (secondary N) is 1. The van der Waals surface area contributed by atoms with Gasteiger partial charge in [0, 0.05) is 18.8 Å². The Bertz CT molecular complexity index is 1560. The van der Waals surface area contributed by atoms with Crippen molar-refractivity contribution in [3.63, 3.8) is 0 Å². The molecule has 1 saturated heterocycles. The molecule has 4 aromatic rings. The number of likely N-dealkylation sites (tertiary alicyclic amines) is 1. The number of aromatic nitrogens is 6. The summed E-state index contributed by atoms with van der Waals surface area (Å²) in [6.45, 7) is -0.946. The number of halogens is 4. The van der Waals surface area contributed by atoms with Gasteiger partial charge in [0.25, 0.3) is 5.56 Å². The molecule has 0 radical (unpaired) electrons. The summed E-state index contributed by atoms with van der Waals surface area (Å²) in [6, 6.07) is 8.66. The topological polar surface area (TPSA) is 93.9 Å². The second kappa shape index (κ2) is 10.4. The zero-order valence-electron chi connectivity index (χ0n) is 21.8. The van der Waals surface area contributed by atoms with E-state index in [0.717, 1.165) is 31.5 Å². The molecule has 1 aliphatic carbocycles. The molecule has 6 rings (SSSR count). The molecule has 1 aliphatic heterocycles. The van der Waals surface area contributed by atoms with Crippen molar-refractivity contribution in [2.24, 2.45) is 5.92 Å². The molecule has 9 nitrogen and oxygen atoms in total. The molecular formula is C27H29F4N7O2. The standard InChI is InChI=1S/C27H29F4N7O2/c1-16-4-3-7-36(12-16)13-18-9-21-22(34-18)23(39)37(14-32-21)19-6-2-5-17(8-19)27(10-20(11-27)40-26(30)31)24-35-33-15-38(24)25(28)29/h2,5-6,8-9,14-16,20,25-26,34H,3-4,7,10-13H2,1H3/t16-,20?,27?/m0/s1. The third-order valence-corrected chi connectivity index (χ3v) is 8.07. The molecule has 0 amide bonds. The van der Waals surface area contributed by atoms with Gasteiger partial charge >= 0.3 is 13.2 Å². The maximum Gasteiger partial charge on any atom is 0.345 e. The smallest absolute Gasteiger partial charge is 0.345 e. The van der Waals surface area contributed by atoms with Gasteiger partial charge in [-0.25, -0.2) is 4.98 Å². The van der Waals surface area contributed by atoms with Gasteiger partial charge in [0.15, 0.2) is 0 Å². The van der Waals surface area contributed by atoms with Crippen molar-refractivity contribution in [2.75, 3.05) is 13.1 Å². The first-order valence-electron chi connectivity index (χ1n) is 13.3. The summed E-state index contributed by atoms with van der Waals surface area (Å²) in [5.41, 5.74) is 1.38. The molecule has 4 heterocycles. The quantitative estimate of drug-likeness (QED) is 0.317. The molecule has 40 heavy (non-hydrogen) atoms. The molecule has 2 fully saturated rings. The first-order chi connectivity index (χ1) is 19.2. The van der Waals surface area contributed by atoms with Gasteiger partial charge in [0.05, 0.1) is 22.7 Å². The van der Waals surface area contributed by atoms with Crippen LogP contribution in [0.2, 0.25) is 0 Å². The Labute approximate surface area is 226 Å². The second-order valence-electron chi connectivity index (χ2n) is 10.9. The van der Waals surface area contributed by atoms with Crippen molar-refractivity contribution in [2.45, 2.75) is 63.8 Å². The molecule has 0 bridgehead atoms. The lowest BCUT2D eigenvalue weighted by molar-refractivity contribution is -0.193. The summed E-state index contributed by atoms with van der Waals surface area (Å²) in [5.74, 6) is 0.585. The van der Waals surface area contributed by atoms with Crippen LogP contribution in [0.15, 0.2) is 47.8 Å². The molecule has 1 saturated carbocycles. The Balaban J connectivity index is 1.34. The van der Waals surface area contributed by atoms with Crippen molar-refractivity contribution < 1.29 is 22.3 Å². The van der Waals surface area contributed by atoms with E-state index in [1.165, 1.54) is 17.3 Å². The minimum Gasteiger partial charge on any atom is -0.351 e. The van der Waals surface area contributed by atoms with Crippen LogP contribution in [-0.2, 0) is 16.7 Å². The van der Waals surface area contributed by atoms with E-state index in [1.807, 2.05) is 6.07 Å². The molecule has 1 N–H and O–H groups in total. The number of fused-ring (bicyclic) bond motifs is 1. The number of hydrogen-bond donors (Lipinski definition) is 1. The van der Waals surface area contributed by atoms with Crippen LogP contribution in [0, 0.1) is 5.92 Å². The highest BCUT2D eigenvalue weighted by atomic mass is 19.3. The van der Waals surface area contributed by atoms with E-state index < -0.39 is 24.7 Å². The van der Waals surface area contributed by atoms with Crippen LogP contribution >= 0.6 is 0 Å². The third kappa shape index (κ3) is 4.81. The van der Waals surface area contributed by atoms with E-state index in [9.17, 15) is 22.4 Å². The fourth-order valence-corrected chi connectivity index (χ4v) is 6.18. The highest BCUT2D eigenvalue weighted by Crippen LogP contribution is 2.50. The minimum atomic E-state index is -2.98. The number of ether oxygens (including phenoxy) is 1. The lowest BCUT2D eigenvalue weighted by Gasteiger charge is -2.46. The molecule has 1 aromatic carbocycles. The van der Waals surface area contributed by atoms with E-state index in [1.54, 1.807) is 24.3 Å².